The molecule has 22 heavy (non-hydrogen) atoms. The number of benzene rings is 1. The topological polar surface area (TPSA) is 40.5 Å². The van der Waals surface area contributed by atoms with E-state index in [2.05, 4.69) is 13.8 Å². The number of rotatable bonds is 9. The fourth-order valence-corrected chi connectivity index (χ4v) is 2.72. The maximum Gasteiger partial charge on any atom is 0.229 e. The Labute approximate surface area is 135 Å². The molecule has 0 saturated heterocycles. The van der Waals surface area contributed by atoms with Crippen molar-refractivity contribution in [3.8, 4) is 5.75 Å². The van der Waals surface area contributed by atoms with Gasteiger partial charge in [0.2, 0.25) is 5.91 Å². The maximum absolute atomic E-state index is 12.8. The molecule has 0 fully saturated rings. The second kappa shape index (κ2) is 9.50. The molecule has 0 spiro atoms. The van der Waals surface area contributed by atoms with E-state index < -0.39 is 0 Å². The van der Waals surface area contributed by atoms with Crippen molar-refractivity contribution in [1.82, 2.24) is 0 Å². The Kier molecular flexibility index (Phi) is 8.00. The second-order valence-corrected chi connectivity index (χ2v) is 6.32. The van der Waals surface area contributed by atoms with Crippen LogP contribution in [0.15, 0.2) is 24.3 Å². The quantitative estimate of drug-likeness (QED) is 0.687. The zero-order chi connectivity index (χ0) is 16.5. The molecule has 0 unspecified atom stereocenters. The van der Waals surface area contributed by atoms with Crippen LogP contribution in [0.5, 0.6) is 5.75 Å². The van der Waals surface area contributed by atoms with Crippen molar-refractivity contribution in [3.63, 3.8) is 0 Å². The van der Waals surface area contributed by atoms with Gasteiger partial charge in [0.25, 0.3) is 0 Å². The molecular formula is C19H31NO2. The first kappa shape index (κ1) is 18.5. The number of phenols is 1. The van der Waals surface area contributed by atoms with Gasteiger partial charge < -0.3 is 10.0 Å². The highest BCUT2D eigenvalue weighted by Crippen LogP contribution is 2.28. The van der Waals surface area contributed by atoms with Gasteiger partial charge in [-0.15, -0.1) is 0 Å². The lowest BCUT2D eigenvalue weighted by molar-refractivity contribution is -0.122. The van der Waals surface area contributed by atoms with Crippen molar-refractivity contribution in [2.45, 2.75) is 72.3 Å². The highest BCUT2D eigenvalue weighted by atomic mass is 16.3. The Morgan fingerprint density at radius 1 is 1.14 bits per heavy atom. The fourth-order valence-electron chi connectivity index (χ4n) is 2.72. The van der Waals surface area contributed by atoms with E-state index in [-0.39, 0.29) is 23.6 Å². The van der Waals surface area contributed by atoms with Crippen molar-refractivity contribution in [3.05, 3.63) is 24.3 Å². The van der Waals surface area contributed by atoms with Crippen molar-refractivity contribution >= 4 is 11.6 Å². The van der Waals surface area contributed by atoms with Crippen LogP contribution in [0.25, 0.3) is 0 Å². The van der Waals surface area contributed by atoms with E-state index in [0.717, 1.165) is 44.2 Å². The first-order valence-corrected chi connectivity index (χ1v) is 8.63. The van der Waals surface area contributed by atoms with E-state index in [1.165, 1.54) is 0 Å². The number of carbonyl (C=O) groups is 1. The third-order valence-electron chi connectivity index (χ3n) is 3.99. The van der Waals surface area contributed by atoms with E-state index in [1.54, 1.807) is 12.1 Å². The number of phenolic OH excluding ortho intramolecular Hbond substituents is 1. The van der Waals surface area contributed by atoms with Gasteiger partial charge in [-0.1, -0.05) is 59.4 Å². The monoisotopic (exact) mass is 305 g/mol. The Morgan fingerprint density at radius 3 is 2.18 bits per heavy atom. The summed E-state index contributed by atoms with van der Waals surface area (Å²) in [4.78, 5) is 14.7. The van der Waals surface area contributed by atoms with Crippen LogP contribution >= 0.6 is 0 Å². The van der Waals surface area contributed by atoms with Crippen LogP contribution < -0.4 is 4.90 Å². The molecular weight excluding hydrogens is 274 g/mol. The third kappa shape index (κ3) is 5.36. The number of hydrogen-bond acceptors (Lipinski definition) is 2. The number of carbonyl (C=O) groups excluding carboxylic acids is 1. The minimum atomic E-state index is -0.0481. The molecule has 0 bridgehead atoms. The molecule has 0 atom stereocenters. The van der Waals surface area contributed by atoms with Crippen LogP contribution in [0.4, 0.5) is 5.69 Å². The summed E-state index contributed by atoms with van der Waals surface area (Å²) in [6, 6.07) is 7.30. The summed E-state index contributed by atoms with van der Waals surface area (Å²) in [7, 11) is 0. The zero-order valence-electron chi connectivity index (χ0n) is 14.5. The predicted octanol–water partition coefficient (Wildman–Crippen LogP) is 5.13. The van der Waals surface area contributed by atoms with Crippen LogP contribution in [-0.4, -0.2) is 17.1 Å². The van der Waals surface area contributed by atoms with Crippen molar-refractivity contribution in [1.29, 1.82) is 0 Å². The Morgan fingerprint density at radius 2 is 1.73 bits per heavy atom. The van der Waals surface area contributed by atoms with Gasteiger partial charge in [0, 0.05) is 23.7 Å². The van der Waals surface area contributed by atoms with Gasteiger partial charge in [0.05, 0.1) is 0 Å². The van der Waals surface area contributed by atoms with Crippen LogP contribution in [0.1, 0.15) is 66.2 Å². The third-order valence-corrected chi connectivity index (χ3v) is 3.99. The largest absolute Gasteiger partial charge is 0.508 e. The summed E-state index contributed by atoms with van der Waals surface area (Å²) in [6.07, 6.45) is 6.54. The summed E-state index contributed by atoms with van der Waals surface area (Å²) in [6.45, 7) is 8.24. The summed E-state index contributed by atoms with van der Waals surface area (Å²) in [5.41, 5.74) is 0.816. The van der Waals surface area contributed by atoms with Crippen molar-refractivity contribution in [2.24, 2.45) is 5.92 Å². The number of aromatic hydroxyl groups is 1. The first-order valence-electron chi connectivity index (χ1n) is 8.63. The molecule has 1 N–H and O–H groups in total. The number of hydrogen-bond donors (Lipinski definition) is 1. The Balaban J connectivity index is 3.11. The lowest BCUT2D eigenvalue weighted by Crippen LogP contribution is -2.43. The minimum absolute atomic E-state index is 0.0481. The molecule has 3 nitrogen and oxygen atoms in total. The van der Waals surface area contributed by atoms with E-state index in [1.807, 2.05) is 30.9 Å². The van der Waals surface area contributed by atoms with Gasteiger partial charge in [0.1, 0.15) is 5.75 Å². The zero-order valence-corrected chi connectivity index (χ0v) is 14.5. The molecule has 1 amide bonds. The van der Waals surface area contributed by atoms with Gasteiger partial charge >= 0.3 is 0 Å². The smallest absolute Gasteiger partial charge is 0.229 e. The standard InChI is InChI=1S/C19H31NO2/c1-5-7-10-16(11-8-6-2)20(19(22)15(3)4)17-12-9-13-18(21)14-17/h9,12-16,21H,5-8,10-11H2,1-4H3. The van der Waals surface area contributed by atoms with Crippen LogP contribution in [0.2, 0.25) is 0 Å². The summed E-state index contributed by atoms with van der Waals surface area (Å²) < 4.78 is 0. The van der Waals surface area contributed by atoms with Gasteiger partial charge in [0.15, 0.2) is 0 Å². The minimum Gasteiger partial charge on any atom is -0.508 e. The molecule has 0 aliphatic heterocycles. The maximum atomic E-state index is 12.8. The highest BCUT2D eigenvalue weighted by molar-refractivity contribution is 5.95. The average molecular weight is 305 g/mol. The van der Waals surface area contributed by atoms with Crippen molar-refractivity contribution < 1.29 is 9.90 Å². The van der Waals surface area contributed by atoms with Gasteiger partial charge in [-0.2, -0.15) is 0 Å². The van der Waals surface area contributed by atoms with E-state index in [0.29, 0.717) is 0 Å². The molecule has 0 saturated carbocycles. The van der Waals surface area contributed by atoms with Crippen molar-refractivity contribution in [2.75, 3.05) is 4.90 Å². The lowest BCUT2D eigenvalue weighted by atomic mass is 9.99. The van der Waals surface area contributed by atoms with E-state index in [4.69, 9.17) is 0 Å². The lowest BCUT2D eigenvalue weighted by Gasteiger charge is -2.33. The molecule has 3 heteroatoms. The van der Waals surface area contributed by atoms with Crippen LogP contribution in [0.3, 0.4) is 0 Å². The van der Waals surface area contributed by atoms with Gasteiger partial charge in [-0.3, -0.25) is 4.79 Å². The van der Waals surface area contributed by atoms with Gasteiger partial charge in [-0.25, -0.2) is 0 Å². The number of unbranched alkanes of at least 4 members (excludes halogenated alkanes) is 2. The number of amides is 1. The normalized spacial score (nSPS) is 11.2. The molecule has 1 rings (SSSR count). The second-order valence-electron chi connectivity index (χ2n) is 6.32. The van der Waals surface area contributed by atoms with E-state index in [9.17, 15) is 9.90 Å². The van der Waals surface area contributed by atoms with Gasteiger partial charge in [-0.05, 0) is 25.0 Å². The molecule has 1 aromatic carbocycles. The molecule has 0 radical (unpaired) electrons. The Hall–Kier alpha value is -1.51. The van der Waals surface area contributed by atoms with E-state index >= 15 is 0 Å². The summed E-state index contributed by atoms with van der Waals surface area (Å²) >= 11 is 0. The summed E-state index contributed by atoms with van der Waals surface area (Å²) in [5, 5.41) is 9.78. The number of anilines is 1. The highest BCUT2D eigenvalue weighted by Gasteiger charge is 2.26. The predicted molar refractivity (Wildman–Crippen MR) is 93.3 cm³/mol. The first-order chi connectivity index (χ1) is 10.5. The molecule has 124 valence electrons. The molecule has 0 aliphatic rings. The summed E-state index contributed by atoms with van der Waals surface area (Å²) in [5.74, 6) is 0.305. The average Bonchev–Trinajstić information content (AvgIpc) is 2.49. The SMILES string of the molecule is CCCCC(CCCC)N(C(=O)C(C)C)c1cccc(O)c1. The van der Waals surface area contributed by atoms with Crippen LogP contribution in [0, 0.1) is 5.92 Å². The molecule has 0 aromatic heterocycles. The molecule has 0 aliphatic carbocycles. The number of nitrogens with zero attached hydrogens (tertiary/aromatic N) is 1. The molecule has 1 aromatic rings. The fraction of sp³-hybridized carbons (Fsp3) is 0.632. The Bertz CT molecular complexity index is 449. The molecule has 0 heterocycles. The van der Waals surface area contributed by atoms with Crippen LogP contribution in [-0.2, 0) is 4.79 Å².